The Morgan fingerprint density at radius 1 is 1.32 bits per heavy atom. The summed E-state index contributed by atoms with van der Waals surface area (Å²) in [5, 5.41) is 3.34. The molecule has 0 aromatic heterocycles. The molecule has 19 heavy (non-hydrogen) atoms. The van der Waals surface area contributed by atoms with Crippen molar-refractivity contribution in [2.45, 2.75) is 51.2 Å². The van der Waals surface area contributed by atoms with Gasteiger partial charge in [0.25, 0.3) is 0 Å². The van der Waals surface area contributed by atoms with Crippen LogP contribution in [0.3, 0.4) is 0 Å². The van der Waals surface area contributed by atoms with Gasteiger partial charge in [-0.1, -0.05) is 38.0 Å². The molecule has 0 radical (unpaired) electrons. The topological polar surface area (TPSA) is 21.3 Å². The zero-order chi connectivity index (χ0) is 13.5. The van der Waals surface area contributed by atoms with Crippen LogP contribution >= 0.6 is 0 Å². The van der Waals surface area contributed by atoms with Crippen molar-refractivity contribution in [2.75, 3.05) is 13.1 Å². The van der Waals surface area contributed by atoms with E-state index in [1.54, 1.807) is 6.07 Å². The molecule has 0 heterocycles. The highest BCUT2D eigenvalue weighted by molar-refractivity contribution is 5.20. The fourth-order valence-corrected chi connectivity index (χ4v) is 2.63. The Morgan fingerprint density at radius 3 is 2.74 bits per heavy atom. The van der Waals surface area contributed by atoms with E-state index in [9.17, 15) is 4.39 Å². The van der Waals surface area contributed by atoms with Crippen LogP contribution in [0.2, 0.25) is 0 Å². The third-order valence-corrected chi connectivity index (χ3v) is 3.67. The van der Waals surface area contributed by atoms with Crippen LogP contribution in [-0.4, -0.2) is 19.2 Å². The second-order valence-electron chi connectivity index (χ2n) is 5.26. The molecule has 1 fully saturated rings. The van der Waals surface area contributed by atoms with E-state index >= 15 is 0 Å². The van der Waals surface area contributed by atoms with Crippen molar-refractivity contribution >= 4 is 0 Å². The van der Waals surface area contributed by atoms with Gasteiger partial charge in [-0.05, 0) is 31.9 Å². The van der Waals surface area contributed by atoms with Gasteiger partial charge in [0.05, 0.1) is 12.2 Å². The fraction of sp³-hybridized carbons (Fsp3) is 0.625. The summed E-state index contributed by atoms with van der Waals surface area (Å²) in [7, 11) is 0. The van der Waals surface area contributed by atoms with Crippen LogP contribution in [-0.2, 0) is 4.74 Å². The maximum atomic E-state index is 13.9. The first-order valence-electron chi connectivity index (χ1n) is 7.42. The first-order chi connectivity index (χ1) is 9.31. The molecule has 1 saturated carbocycles. The third kappa shape index (κ3) is 4.29. The first-order valence-corrected chi connectivity index (χ1v) is 7.42. The Balaban J connectivity index is 2.02. The minimum Gasteiger partial charge on any atom is -0.369 e. The minimum atomic E-state index is -0.171. The van der Waals surface area contributed by atoms with Crippen LogP contribution in [0.15, 0.2) is 24.3 Å². The monoisotopic (exact) mass is 265 g/mol. The number of halogens is 1. The molecule has 1 aliphatic rings. The minimum absolute atomic E-state index is 0.163. The van der Waals surface area contributed by atoms with Gasteiger partial charge >= 0.3 is 0 Å². The van der Waals surface area contributed by atoms with Gasteiger partial charge in [-0.25, -0.2) is 4.39 Å². The van der Waals surface area contributed by atoms with Gasteiger partial charge in [0.2, 0.25) is 0 Å². The van der Waals surface area contributed by atoms with E-state index in [1.165, 1.54) is 18.9 Å². The number of nitrogens with one attached hydrogen (secondary N) is 1. The molecule has 0 amide bonds. The average Bonchev–Trinajstić information content (AvgIpc) is 2.91. The van der Waals surface area contributed by atoms with Crippen molar-refractivity contribution in [3.8, 4) is 0 Å². The van der Waals surface area contributed by atoms with Crippen molar-refractivity contribution in [3.63, 3.8) is 0 Å². The number of ether oxygens (including phenoxy) is 1. The van der Waals surface area contributed by atoms with Gasteiger partial charge in [0.15, 0.2) is 0 Å². The lowest BCUT2D eigenvalue weighted by atomic mass is 10.1. The summed E-state index contributed by atoms with van der Waals surface area (Å²) in [6, 6.07) is 6.96. The molecule has 1 aromatic carbocycles. The summed E-state index contributed by atoms with van der Waals surface area (Å²) < 4.78 is 20.0. The largest absolute Gasteiger partial charge is 0.369 e. The van der Waals surface area contributed by atoms with E-state index in [-0.39, 0.29) is 11.9 Å². The van der Waals surface area contributed by atoms with Gasteiger partial charge in [0, 0.05) is 12.1 Å². The highest BCUT2D eigenvalue weighted by atomic mass is 19.1. The molecule has 1 unspecified atom stereocenters. The number of hydrogen-bond donors (Lipinski definition) is 1. The van der Waals surface area contributed by atoms with Crippen LogP contribution in [0.4, 0.5) is 4.39 Å². The lowest BCUT2D eigenvalue weighted by molar-refractivity contribution is -0.0103. The molecular formula is C16H24FNO. The van der Waals surface area contributed by atoms with Gasteiger partial charge < -0.3 is 10.1 Å². The van der Waals surface area contributed by atoms with Crippen LogP contribution in [0.25, 0.3) is 0 Å². The maximum Gasteiger partial charge on any atom is 0.129 e. The molecule has 3 heteroatoms. The van der Waals surface area contributed by atoms with Gasteiger partial charge in [-0.3, -0.25) is 0 Å². The van der Waals surface area contributed by atoms with Crippen LogP contribution in [0.5, 0.6) is 0 Å². The molecule has 2 rings (SSSR count). The van der Waals surface area contributed by atoms with Crippen molar-refractivity contribution in [2.24, 2.45) is 0 Å². The van der Waals surface area contributed by atoms with E-state index < -0.39 is 0 Å². The fourth-order valence-electron chi connectivity index (χ4n) is 2.63. The Hall–Kier alpha value is -0.930. The summed E-state index contributed by atoms with van der Waals surface area (Å²) in [4.78, 5) is 0. The van der Waals surface area contributed by atoms with Crippen LogP contribution in [0.1, 0.15) is 50.7 Å². The molecule has 1 aliphatic carbocycles. The van der Waals surface area contributed by atoms with Gasteiger partial charge in [-0.2, -0.15) is 0 Å². The molecule has 1 N–H and O–H groups in total. The summed E-state index contributed by atoms with van der Waals surface area (Å²) in [5.74, 6) is -0.163. The molecule has 0 spiro atoms. The molecular weight excluding hydrogens is 241 g/mol. The highest BCUT2D eigenvalue weighted by Gasteiger charge is 2.23. The van der Waals surface area contributed by atoms with E-state index in [2.05, 4.69) is 12.2 Å². The first kappa shape index (κ1) is 14.5. The van der Waals surface area contributed by atoms with E-state index in [4.69, 9.17) is 4.74 Å². The van der Waals surface area contributed by atoms with E-state index in [0.29, 0.717) is 18.2 Å². The Bertz CT molecular complexity index is 377. The summed E-state index contributed by atoms with van der Waals surface area (Å²) in [5.41, 5.74) is 0.679. The summed E-state index contributed by atoms with van der Waals surface area (Å²) >= 11 is 0. The number of benzene rings is 1. The zero-order valence-corrected chi connectivity index (χ0v) is 11.7. The van der Waals surface area contributed by atoms with Gasteiger partial charge in [-0.15, -0.1) is 0 Å². The number of rotatable bonds is 7. The number of hydrogen-bond acceptors (Lipinski definition) is 2. The molecule has 106 valence electrons. The van der Waals surface area contributed by atoms with Crippen molar-refractivity contribution in [1.29, 1.82) is 0 Å². The van der Waals surface area contributed by atoms with Crippen molar-refractivity contribution in [1.82, 2.24) is 5.32 Å². The standard InChI is InChI=1S/C16H24FNO/c1-2-11-18-12-16(19-13-7-3-4-8-13)14-9-5-6-10-15(14)17/h5-6,9-10,13,16,18H,2-4,7-8,11-12H2,1H3. The van der Waals surface area contributed by atoms with Crippen molar-refractivity contribution < 1.29 is 9.13 Å². The quantitative estimate of drug-likeness (QED) is 0.757. The molecule has 1 aromatic rings. The van der Waals surface area contributed by atoms with Crippen LogP contribution in [0, 0.1) is 5.82 Å². The van der Waals surface area contributed by atoms with E-state index in [0.717, 1.165) is 25.8 Å². The lowest BCUT2D eigenvalue weighted by Gasteiger charge is -2.23. The molecule has 0 bridgehead atoms. The Morgan fingerprint density at radius 2 is 2.05 bits per heavy atom. The van der Waals surface area contributed by atoms with Crippen LogP contribution < -0.4 is 5.32 Å². The summed E-state index contributed by atoms with van der Waals surface area (Å²) in [6.07, 6.45) is 5.89. The maximum absolute atomic E-state index is 13.9. The van der Waals surface area contributed by atoms with E-state index in [1.807, 2.05) is 12.1 Å². The zero-order valence-electron chi connectivity index (χ0n) is 11.7. The lowest BCUT2D eigenvalue weighted by Crippen LogP contribution is -2.27. The Kier molecular flexibility index (Phi) is 5.80. The molecule has 2 nitrogen and oxygen atoms in total. The van der Waals surface area contributed by atoms with Crippen molar-refractivity contribution in [3.05, 3.63) is 35.6 Å². The predicted molar refractivity (Wildman–Crippen MR) is 75.6 cm³/mol. The Labute approximate surface area is 115 Å². The highest BCUT2D eigenvalue weighted by Crippen LogP contribution is 2.28. The average molecular weight is 265 g/mol. The molecule has 0 aliphatic heterocycles. The second-order valence-corrected chi connectivity index (χ2v) is 5.26. The SMILES string of the molecule is CCCNCC(OC1CCCC1)c1ccccc1F. The summed E-state index contributed by atoms with van der Waals surface area (Å²) in [6.45, 7) is 3.76. The van der Waals surface area contributed by atoms with Gasteiger partial charge in [0.1, 0.15) is 5.82 Å². The smallest absolute Gasteiger partial charge is 0.129 e. The molecule has 1 atom stereocenters. The predicted octanol–water partition coefficient (Wildman–Crippen LogP) is 3.83. The third-order valence-electron chi connectivity index (χ3n) is 3.67. The second kappa shape index (κ2) is 7.61. The molecule has 0 saturated heterocycles. The normalized spacial score (nSPS) is 17.8.